The van der Waals surface area contributed by atoms with Gasteiger partial charge in [-0.15, -0.1) is 0 Å². The summed E-state index contributed by atoms with van der Waals surface area (Å²) in [5.74, 6) is -3.09. The molecule has 0 unspecified atom stereocenters. The highest BCUT2D eigenvalue weighted by molar-refractivity contribution is 6.09. The van der Waals surface area contributed by atoms with Crippen molar-refractivity contribution in [2.75, 3.05) is 31.5 Å². The standard InChI is InChI=1S/C16H19F2N3O3/c1-16(2,15(24)21-7-5-20(10-22)6-8-21)14(23)19-11-3-4-12(17)13(18)9-11/h3-4,9-10H,5-8H2,1-2H3,(H,19,23). The number of nitrogens with zero attached hydrogens (tertiary/aromatic N) is 2. The predicted molar refractivity (Wildman–Crippen MR) is 83.0 cm³/mol. The summed E-state index contributed by atoms with van der Waals surface area (Å²) in [4.78, 5) is 38.8. The summed E-state index contributed by atoms with van der Waals surface area (Å²) in [5.41, 5.74) is -1.31. The van der Waals surface area contributed by atoms with Crippen LogP contribution >= 0.6 is 0 Å². The highest BCUT2D eigenvalue weighted by atomic mass is 19.2. The van der Waals surface area contributed by atoms with Gasteiger partial charge in [0.25, 0.3) is 0 Å². The maximum atomic E-state index is 13.2. The van der Waals surface area contributed by atoms with Crippen LogP contribution in [0.4, 0.5) is 14.5 Å². The van der Waals surface area contributed by atoms with Crippen molar-refractivity contribution in [3.8, 4) is 0 Å². The average Bonchev–Trinajstić information content (AvgIpc) is 2.57. The molecule has 0 aliphatic carbocycles. The van der Waals surface area contributed by atoms with Crippen molar-refractivity contribution in [2.24, 2.45) is 5.41 Å². The fraction of sp³-hybridized carbons (Fsp3) is 0.438. The van der Waals surface area contributed by atoms with E-state index in [1.54, 1.807) is 4.90 Å². The van der Waals surface area contributed by atoms with Crippen LogP contribution in [-0.2, 0) is 14.4 Å². The van der Waals surface area contributed by atoms with E-state index in [2.05, 4.69) is 5.32 Å². The zero-order valence-electron chi connectivity index (χ0n) is 13.5. The Balaban J connectivity index is 2.05. The number of piperazine rings is 1. The molecular weight excluding hydrogens is 320 g/mol. The molecule has 0 radical (unpaired) electrons. The average molecular weight is 339 g/mol. The molecule has 1 aliphatic heterocycles. The van der Waals surface area contributed by atoms with E-state index in [0.29, 0.717) is 26.2 Å². The van der Waals surface area contributed by atoms with Crippen LogP contribution in [0.1, 0.15) is 13.8 Å². The smallest absolute Gasteiger partial charge is 0.239 e. The second-order valence-corrected chi connectivity index (χ2v) is 6.14. The Bertz CT molecular complexity index is 656. The summed E-state index contributed by atoms with van der Waals surface area (Å²) in [7, 11) is 0. The number of rotatable bonds is 4. The van der Waals surface area contributed by atoms with Gasteiger partial charge in [0.15, 0.2) is 11.6 Å². The van der Waals surface area contributed by atoms with Crippen molar-refractivity contribution in [2.45, 2.75) is 13.8 Å². The van der Waals surface area contributed by atoms with Gasteiger partial charge in [-0.05, 0) is 26.0 Å². The molecule has 1 N–H and O–H groups in total. The van der Waals surface area contributed by atoms with E-state index in [1.807, 2.05) is 0 Å². The van der Waals surface area contributed by atoms with E-state index in [9.17, 15) is 23.2 Å². The second-order valence-electron chi connectivity index (χ2n) is 6.14. The first kappa shape index (κ1) is 17.8. The van der Waals surface area contributed by atoms with Crippen molar-refractivity contribution < 1.29 is 23.2 Å². The molecule has 24 heavy (non-hydrogen) atoms. The molecule has 6 nitrogen and oxygen atoms in total. The van der Waals surface area contributed by atoms with E-state index in [0.717, 1.165) is 18.5 Å². The summed E-state index contributed by atoms with van der Waals surface area (Å²) in [6, 6.07) is 2.98. The Hall–Kier alpha value is -2.51. The van der Waals surface area contributed by atoms with Gasteiger partial charge in [0.1, 0.15) is 5.41 Å². The molecule has 1 aromatic rings. The van der Waals surface area contributed by atoms with Gasteiger partial charge in [-0.3, -0.25) is 14.4 Å². The fourth-order valence-electron chi connectivity index (χ4n) is 2.38. The second kappa shape index (κ2) is 6.94. The van der Waals surface area contributed by atoms with Gasteiger partial charge in [0.2, 0.25) is 18.2 Å². The fourth-order valence-corrected chi connectivity index (χ4v) is 2.38. The lowest BCUT2D eigenvalue weighted by Crippen LogP contribution is -2.54. The maximum absolute atomic E-state index is 13.2. The van der Waals surface area contributed by atoms with Crippen LogP contribution in [0.5, 0.6) is 0 Å². The number of hydrogen-bond acceptors (Lipinski definition) is 3. The molecule has 0 atom stereocenters. The first-order valence-electron chi connectivity index (χ1n) is 7.51. The first-order valence-corrected chi connectivity index (χ1v) is 7.51. The van der Waals surface area contributed by atoms with E-state index < -0.39 is 23.0 Å². The first-order chi connectivity index (χ1) is 11.3. The molecule has 8 heteroatoms. The van der Waals surface area contributed by atoms with Gasteiger partial charge < -0.3 is 15.1 Å². The van der Waals surface area contributed by atoms with Gasteiger partial charge in [-0.1, -0.05) is 0 Å². The molecule has 0 saturated carbocycles. The minimum Gasteiger partial charge on any atom is -0.342 e. The third-order valence-electron chi connectivity index (χ3n) is 4.03. The van der Waals surface area contributed by atoms with Crippen LogP contribution in [0.25, 0.3) is 0 Å². The Morgan fingerprint density at radius 1 is 1.12 bits per heavy atom. The van der Waals surface area contributed by atoms with E-state index in [-0.39, 0.29) is 11.6 Å². The van der Waals surface area contributed by atoms with Gasteiger partial charge in [0.05, 0.1) is 0 Å². The van der Waals surface area contributed by atoms with Gasteiger partial charge in [-0.25, -0.2) is 8.78 Å². The Kier molecular flexibility index (Phi) is 5.16. The van der Waals surface area contributed by atoms with Crippen LogP contribution < -0.4 is 5.32 Å². The number of nitrogens with one attached hydrogen (secondary N) is 1. The quantitative estimate of drug-likeness (QED) is 0.663. The zero-order valence-corrected chi connectivity index (χ0v) is 13.5. The molecule has 3 amide bonds. The predicted octanol–water partition coefficient (Wildman–Crippen LogP) is 1.23. The maximum Gasteiger partial charge on any atom is 0.239 e. The number of hydrogen-bond donors (Lipinski definition) is 1. The Labute approximate surface area is 138 Å². The van der Waals surface area contributed by atoms with Gasteiger partial charge >= 0.3 is 0 Å². The summed E-state index contributed by atoms with van der Waals surface area (Å²) < 4.78 is 26.1. The summed E-state index contributed by atoms with van der Waals surface area (Å²) in [5, 5.41) is 2.43. The highest BCUT2D eigenvalue weighted by Gasteiger charge is 2.40. The van der Waals surface area contributed by atoms with Crippen LogP contribution in [0.3, 0.4) is 0 Å². The number of amides is 3. The molecule has 1 saturated heterocycles. The Morgan fingerprint density at radius 2 is 1.75 bits per heavy atom. The highest BCUT2D eigenvalue weighted by Crippen LogP contribution is 2.23. The number of benzene rings is 1. The van der Waals surface area contributed by atoms with Crippen molar-refractivity contribution in [3.63, 3.8) is 0 Å². The van der Waals surface area contributed by atoms with Crippen molar-refractivity contribution in [3.05, 3.63) is 29.8 Å². The third kappa shape index (κ3) is 3.69. The van der Waals surface area contributed by atoms with Crippen LogP contribution in [0.2, 0.25) is 0 Å². The molecule has 1 fully saturated rings. The molecule has 0 bridgehead atoms. The molecular formula is C16H19F2N3O3. The van der Waals surface area contributed by atoms with Crippen molar-refractivity contribution >= 4 is 23.9 Å². The molecule has 1 heterocycles. The largest absolute Gasteiger partial charge is 0.342 e. The molecule has 0 aromatic heterocycles. The van der Waals surface area contributed by atoms with Crippen LogP contribution in [-0.4, -0.2) is 54.2 Å². The van der Waals surface area contributed by atoms with Gasteiger partial charge in [0, 0.05) is 37.9 Å². The third-order valence-corrected chi connectivity index (χ3v) is 4.03. The summed E-state index contributed by atoms with van der Waals surface area (Å²) >= 11 is 0. The molecule has 1 aromatic carbocycles. The molecule has 130 valence electrons. The minimum atomic E-state index is -1.38. The van der Waals surface area contributed by atoms with Crippen LogP contribution in [0.15, 0.2) is 18.2 Å². The summed E-state index contributed by atoms with van der Waals surface area (Å²) in [6.07, 6.45) is 0.725. The minimum absolute atomic E-state index is 0.0746. The lowest BCUT2D eigenvalue weighted by atomic mass is 9.89. The monoisotopic (exact) mass is 339 g/mol. The number of anilines is 1. The van der Waals surface area contributed by atoms with Crippen molar-refractivity contribution in [1.29, 1.82) is 0 Å². The lowest BCUT2D eigenvalue weighted by Gasteiger charge is -2.36. The van der Waals surface area contributed by atoms with Crippen LogP contribution in [0, 0.1) is 17.0 Å². The van der Waals surface area contributed by atoms with E-state index in [1.165, 1.54) is 24.8 Å². The lowest BCUT2D eigenvalue weighted by molar-refractivity contribution is -0.148. The molecule has 2 rings (SSSR count). The molecule has 0 spiro atoms. The Morgan fingerprint density at radius 3 is 2.29 bits per heavy atom. The number of halogens is 2. The van der Waals surface area contributed by atoms with E-state index >= 15 is 0 Å². The summed E-state index contributed by atoms with van der Waals surface area (Å²) in [6.45, 7) is 4.46. The topological polar surface area (TPSA) is 69.7 Å². The normalized spacial score (nSPS) is 15.2. The number of carbonyl (C=O) groups is 3. The van der Waals surface area contributed by atoms with E-state index in [4.69, 9.17) is 0 Å². The zero-order chi connectivity index (χ0) is 17.9. The SMILES string of the molecule is CC(C)(C(=O)Nc1ccc(F)c(F)c1)C(=O)N1CCN(C=O)CC1. The molecule has 1 aliphatic rings. The van der Waals surface area contributed by atoms with Gasteiger partial charge in [-0.2, -0.15) is 0 Å². The van der Waals surface area contributed by atoms with Crippen molar-refractivity contribution in [1.82, 2.24) is 9.80 Å². The number of carbonyl (C=O) groups excluding carboxylic acids is 3.